The van der Waals surface area contributed by atoms with E-state index in [1.54, 1.807) is 30.3 Å². The van der Waals surface area contributed by atoms with E-state index >= 15 is 0 Å². The van der Waals surface area contributed by atoms with Gasteiger partial charge in [-0.25, -0.2) is 12.8 Å². The van der Waals surface area contributed by atoms with Crippen molar-refractivity contribution in [1.29, 1.82) is 0 Å². The van der Waals surface area contributed by atoms with E-state index in [0.717, 1.165) is 9.87 Å². The maximum absolute atomic E-state index is 14.0. The highest BCUT2D eigenvalue weighted by molar-refractivity contribution is 7.92. The highest BCUT2D eigenvalue weighted by atomic mass is 32.2. The van der Waals surface area contributed by atoms with Crippen molar-refractivity contribution in [3.8, 4) is 11.5 Å². The standard InChI is InChI=1S/C23H23FN2O5S/c1-16-8-11-18(12-9-16)32(28,29)26(21-14-17(30-2)10-13-22(21)31-3)15-23(27)25-20-7-5-4-6-19(20)24/h4-14H,15H2,1-3H3,(H,25,27). The summed E-state index contributed by atoms with van der Waals surface area (Å²) in [4.78, 5) is 12.8. The van der Waals surface area contributed by atoms with Crippen LogP contribution >= 0.6 is 0 Å². The second kappa shape index (κ2) is 9.69. The number of sulfonamides is 1. The zero-order chi connectivity index (χ0) is 23.3. The zero-order valence-electron chi connectivity index (χ0n) is 17.8. The number of carbonyl (C=O) groups excluding carboxylic acids is 1. The van der Waals surface area contributed by atoms with E-state index in [1.165, 1.54) is 50.6 Å². The Balaban J connectivity index is 2.06. The van der Waals surface area contributed by atoms with Crippen LogP contribution in [-0.4, -0.2) is 35.1 Å². The van der Waals surface area contributed by atoms with Gasteiger partial charge in [-0.1, -0.05) is 29.8 Å². The van der Waals surface area contributed by atoms with Crippen LogP contribution in [0.2, 0.25) is 0 Å². The Bertz CT molecular complexity index is 1210. The molecular weight excluding hydrogens is 435 g/mol. The fraction of sp³-hybridized carbons (Fsp3) is 0.174. The molecule has 168 valence electrons. The summed E-state index contributed by atoms with van der Waals surface area (Å²) in [6, 6.07) is 16.5. The fourth-order valence-corrected chi connectivity index (χ4v) is 4.43. The Labute approximate surface area is 186 Å². The highest BCUT2D eigenvalue weighted by Crippen LogP contribution is 2.35. The molecule has 1 amide bonds. The smallest absolute Gasteiger partial charge is 0.264 e. The molecule has 0 aliphatic heterocycles. The molecule has 0 aliphatic rings. The molecule has 7 nitrogen and oxygen atoms in total. The van der Waals surface area contributed by atoms with E-state index in [4.69, 9.17) is 9.47 Å². The van der Waals surface area contributed by atoms with Crippen LogP contribution < -0.4 is 19.1 Å². The van der Waals surface area contributed by atoms with Crippen molar-refractivity contribution in [2.75, 3.05) is 30.4 Å². The second-order valence-corrected chi connectivity index (χ2v) is 8.75. The quantitative estimate of drug-likeness (QED) is 0.552. The zero-order valence-corrected chi connectivity index (χ0v) is 18.6. The molecule has 0 heterocycles. The predicted octanol–water partition coefficient (Wildman–Crippen LogP) is 3.99. The lowest BCUT2D eigenvalue weighted by Gasteiger charge is -2.26. The molecule has 0 aromatic heterocycles. The van der Waals surface area contributed by atoms with E-state index in [9.17, 15) is 17.6 Å². The first-order valence-corrected chi connectivity index (χ1v) is 11.1. The van der Waals surface area contributed by atoms with Crippen LogP contribution in [0, 0.1) is 12.7 Å². The topological polar surface area (TPSA) is 84.9 Å². The number of hydrogen-bond donors (Lipinski definition) is 1. The molecule has 3 aromatic rings. The summed E-state index contributed by atoms with van der Waals surface area (Å²) >= 11 is 0. The van der Waals surface area contributed by atoms with Crippen LogP contribution in [0.4, 0.5) is 15.8 Å². The van der Waals surface area contributed by atoms with E-state index in [2.05, 4.69) is 5.32 Å². The molecule has 0 radical (unpaired) electrons. The van der Waals surface area contributed by atoms with Gasteiger partial charge in [-0.3, -0.25) is 9.10 Å². The summed E-state index contributed by atoms with van der Waals surface area (Å²) in [5.74, 6) is -0.761. The third-order valence-corrected chi connectivity index (χ3v) is 6.47. The molecule has 32 heavy (non-hydrogen) atoms. The van der Waals surface area contributed by atoms with Crippen LogP contribution in [0.15, 0.2) is 71.6 Å². The number of carbonyl (C=O) groups is 1. The highest BCUT2D eigenvalue weighted by Gasteiger charge is 2.30. The van der Waals surface area contributed by atoms with Gasteiger partial charge in [0, 0.05) is 6.07 Å². The number of amides is 1. The van der Waals surface area contributed by atoms with Crippen molar-refractivity contribution < 1.29 is 27.1 Å². The summed E-state index contributed by atoms with van der Waals surface area (Å²) < 4.78 is 52.5. The second-order valence-electron chi connectivity index (χ2n) is 6.89. The van der Waals surface area contributed by atoms with Crippen molar-refractivity contribution in [2.45, 2.75) is 11.8 Å². The minimum absolute atomic E-state index is 0.00772. The van der Waals surface area contributed by atoms with E-state index in [0.29, 0.717) is 5.75 Å². The van der Waals surface area contributed by atoms with Crippen LogP contribution in [0.3, 0.4) is 0 Å². The van der Waals surface area contributed by atoms with Crippen LogP contribution in [0.25, 0.3) is 0 Å². The molecule has 0 saturated heterocycles. The number of methoxy groups -OCH3 is 2. The summed E-state index contributed by atoms with van der Waals surface area (Å²) in [5.41, 5.74) is 0.936. The van der Waals surface area contributed by atoms with Gasteiger partial charge in [-0.15, -0.1) is 0 Å². The Morgan fingerprint density at radius 3 is 2.31 bits per heavy atom. The minimum atomic E-state index is -4.18. The predicted molar refractivity (Wildman–Crippen MR) is 120 cm³/mol. The molecule has 0 atom stereocenters. The van der Waals surface area contributed by atoms with Gasteiger partial charge < -0.3 is 14.8 Å². The molecular formula is C23H23FN2O5S. The number of anilines is 2. The van der Waals surface area contributed by atoms with Crippen molar-refractivity contribution in [3.05, 3.63) is 78.1 Å². The number of nitrogens with one attached hydrogen (secondary N) is 1. The molecule has 0 bridgehead atoms. The molecule has 0 aliphatic carbocycles. The summed E-state index contributed by atoms with van der Waals surface area (Å²) in [6.07, 6.45) is 0. The molecule has 1 N–H and O–H groups in total. The average molecular weight is 459 g/mol. The van der Waals surface area contributed by atoms with Gasteiger partial charge in [0.2, 0.25) is 5.91 Å². The molecule has 0 saturated carbocycles. The fourth-order valence-electron chi connectivity index (χ4n) is 3.01. The Kier molecular flexibility index (Phi) is 6.99. The summed E-state index contributed by atoms with van der Waals surface area (Å²) in [7, 11) is -1.35. The SMILES string of the molecule is COc1ccc(OC)c(N(CC(=O)Nc2ccccc2F)S(=O)(=O)c2ccc(C)cc2)c1. The van der Waals surface area contributed by atoms with Crippen molar-refractivity contribution in [1.82, 2.24) is 0 Å². The normalized spacial score (nSPS) is 11.0. The van der Waals surface area contributed by atoms with Crippen LogP contribution in [0.5, 0.6) is 11.5 Å². The number of ether oxygens (including phenoxy) is 2. The van der Waals surface area contributed by atoms with E-state index in [1.807, 2.05) is 6.92 Å². The van der Waals surface area contributed by atoms with Gasteiger partial charge in [-0.05, 0) is 43.3 Å². The molecule has 0 fully saturated rings. The summed E-state index contributed by atoms with van der Waals surface area (Å²) in [6.45, 7) is 1.22. The summed E-state index contributed by atoms with van der Waals surface area (Å²) in [5, 5.41) is 2.42. The lowest BCUT2D eigenvalue weighted by atomic mass is 10.2. The lowest BCUT2D eigenvalue weighted by molar-refractivity contribution is -0.114. The van der Waals surface area contributed by atoms with Gasteiger partial charge in [0.25, 0.3) is 10.0 Å². The largest absolute Gasteiger partial charge is 0.497 e. The molecule has 0 spiro atoms. The number of aryl methyl sites for hydroxylation is 1. The Morgan fingerprint density at radius 1 is 1.00 bits per heavy atom. The third kappa shape index (κ3) is 5.00. The van der Waals surface area contributed by atoms with Gasteiger partial charge in [-0.2, -0.15) is 0 Å². The first-order chi connectivity index (χ1) is 15.3. The van der Waals surface area contributed by atoms with Gasteiger partial charge in [0.05, 0.1) is 30.5 Å². The van der Waals surface area contributed by atoms with Crippen molar-refractivity contribution in [3.63, 3.8) is 0 Å². The molecule has 0 unspecified atom stereocenters. The maximum atomic E-state index is 14.0. The van der Waals surface area contributed by atoms with Gasteiger partial charge >= 0.3 is 0 Å². The van der Waals surface area contributed by atoms with Crippen LogP contribution in [0.1, 0.15) is 5.56 Å². The average Bonchev–Trinajstić information content (AvgIpc) is 2.78. The number of para-hydroxylation sites is 1. The van der Waals surface area contributed by atoms with Crippen molar-refractivity contribution >= 4 is 27.3 Å². The lowest BCUT2D eigenvalue weighted by Crippen LogP contribution is -2.38. The number of benzene rings is 3. The van der Waals surface area contributed by atoms with E-state index < -0.39 is 28.3 Å². The number of rotatable bonds is 8. The Hall–Kier alpha value is -3.59. The molecule has 3 rings (SSSR count). The maximum Gasteiger partial charge on any atom is 0.264 e. The first-order valence-electron chi connectivity index (χ1n) is 9.62. The number of nitrogens with zero attached hydrogens (tertiary/aromatic N) is 1. The third-order valence-electron chi connectivity index (χ3n) is 4.70. The first kappa shape index (κ1) is 23.1. The molecule has 9 heteroatoms. The monoisotopic (exact) mass is 458 g/mol. The van der Waals surface area contributed by atoms with Gasteiger partial charge in [0.1, 0.15) is 23.9 Å². The minimum Gasteiger partial charge on any atom is -0.497 e. The number of halogens is 1. The van der Waals surface area contributed by atoms with Gasteiger partial charge in [0.15, 0.2) is 0 Å². The Morgan fingerprint density at radius 2 is 1.69 bits per heavy atom. The van der Waals surface area contributed by atoms with Crippen molar-refractivity contribution in [2.24, 2.45) is 0 Å². The van der Waals surface area contributed by atoms with E-state index in [-0.39, 0.29) is 22.0 Å². The van der Waals surface area contributed by atoms with Crippen LogP contribution in [-0.2, 0) is 14.8 Å². The molecule has 3 aromatic carbocycles. The number of hydrogen-bond acceptors (Lipinski definition) is 5.